The Bertz CT molecular complexity index is 1280. The third-order valence-corrected chi connectivity index (χ3v) is 7.36. The van der Waals surface area contributed by atoms with Gasteiger partial charge in [0, 0.05) is 23.9 Å². The van der Waals surface area contributed by atoms with Crippen molar-refractivity contribution in [1.29, 1.82) is 0 Å². The molecule has 2 heterocycles. The summed E-state index contributed by atoms with van der Waals surface area (Å²) in [7, 11) is 1.54. The molecule has 2 aromatic heterocycles. The molecule has 0 aliphatic heterocycles. The Morgan fingerprint density at radius 2 is 1.87 bits per heavy atom. The first kappa shape index (κ1) is 28.3. The summed E-state index contributed by atoms with van der Waals surface area (Å²) in [5, 5.41) is 9.55. The summed E-state index contributed by atoms with van der Waals surface area (Å²) >= 11 is 1.14. The van der Waals surface area contributed by atoms with Gasteiger partial charge in [-0.3, -0.25) is 19.3 Å². The number of hydrogen-bond donors (Lipinski definition) is 2. The van der Waals surface area contributed by atoms with E-state index < -0.39 is 6.04 Å². The molecule has 10 nitrogen and oxygen atoms in total. The van der Waals surface area contributed by atoms with Gasteiger partial charge in [0.1, 0.15) is 23.0 Å². The van der Waals surface area contributed by atoms with Crippen LogP contribution >= 0.6 is 11.8 Å². The molecule has 1 aromatic carbocycles. The summed E-state index contributed by atoms with van der Waals surface area (Å²) in [4.78, 5) is 41.4. The first-order valence-corrected chi connectivity index (χ1v) is 14.1. The van der Waals surface area contributed by atoms with Gasteiger partial charge in [0.05, 0.1) is 18.6 Å². The number of nitrogens with one attached hydrogen (secondary N) is 2. The lowest BCUT2D eigenvalue weighted by Crippen LogP contribution is -2.47. The number of aromatic nitrogens is 1. The van der Waals surface area contributed by atoms with E-state index in [1.807, 2.05) is 0 Å². The number of nitrogens with zero attached hydrogens (tertiary/aromatic N) is 2. The van der Waals surface area contributed by atoms with Crippen LogP contribution in [-0.2, 0) is 14.4 Å². The molecular formula is C28H34N4O6S. The molecule has 2 N–H and O–H groups in total. The lowest BCUT2D eigenvalue weighted by atomic mass is 9.95. The maximum Gasteiger partial charge on any atom is 0.251 e. The highest BCUT2D eigenvalue weighted by Crippen LogP contribution is 2.32. The molecule has 208 valence electrons. The quantitative estimate of drug-likeness (QED) is 0.347. The minimum absolute atomic E-state index is 0.0163. The van der Waals surface area contributed by atoms with Crippen molar-refractivity contribution < 1.29 is 28.1 Å². The normalized spacial score (nSPS) is 14.4. The van der Waals surface area contributed by atoms with Gasteiger partial charge >= 0.3 is 0 Å². The van der Waals surface area contributed by atoms with E-state index in [0.29, 0.717) is 34.5 Å². The fraction of sp³-hybridized carbons (Fsp3) is 0.429. The summed E-state index contributed by atoms with van der Waals surface area (Å²) in [5.74, 6) is 1.42. The van der Waals surface area contributed by atoms with Crippen molar-refractivity contribution in [3.63, 3.8) is 0 Å². The van der Waals surface area contributed by atoms with Crippen molar-refractivity contribution in [2.75, 3.05) is 28.8 Å². The maximum absolute atomic E-state index is 13.8. The number of methoxy groups -OCH3 is 1. The van der Waals surface area contributed by atoms with Crippen LogP contribution in [0.5, 0.6) is 5.75 Å². The number of amides is 3. The molecule has 0 bridgehead atoms. The van der Waals surface area contributed by atoms with Crippen molar-refractivity contribution in [2.24, 2.45) is 0 Å². The number of carbonyl (C=O) groups is 3. The fourth-order valence-electron chi connectivity index (χ4n) is 4.60. The van der Waals surface area contributed by atoms with Crippen LogP contribution in [0.15, 0.2) is 51.4 Å². The van der Waals surface area contributed by atoms with Gasteiger partial charge in [-0.05, 0) is 51.0 Å². The Labute approximate surface area is 231 Å². The van der Waals surface area contributed by atoms with E-state index >= 15 is 0 Å². The lowest BCUT2D eigenvalue weighted by molar-refractivity contribution is -0.127. The molecule has 11 heteroatoms. The topological polar surface area (TPSA) is 127 Å². The van der Waals surface area contributed by atoms with Gasteiger partial charge in [-0.15, -0.1) is 11.8 Å². The van der Waals surface area contributed by atoms with Crippen LogP contribution < -0.4 is 20.3 Å². The van der Waals surface area contributed by atoms with Gasteiger partial charge in [0.2, 0.25) is 11.8 Å². The van der Waals surface area contributed by atoms with E-state index in [1.54, 1.807) is 63.4 Å². The maximum atomic E-state index is 13.8. The third kappa shape index (κ3) is 7.66. The number of aryl methyl sites for hydroxylation is 2. The molecule has 0 spiro atoms. The van der Waals surface area contributed by atoms with Crippen LogP contribution in [0.2, 0.25) is 0 Å². The number of furan rings is 1. The van der Waals surface area contributed by atoms with Crippen LogP contribution in [0.25, 0.3) is 0 Å². The summed E-state index contributed by atoms with van der Waals surface area (Å²) < 4.78 is 16.3. The van der Waals surface area contributed by atoms with Crippen LogP contribution in [0.4, 0.5) is 11.5 Å². The molecule has 1 aliphatic rings. The molecule has 1 atom stereocenters. The molecule has 0 unspecified atom stereocenters. The second kappa shape index (κ2) is 13.4. The number of thioether (sulfide) groups is 1. The average Bonchev–Trinajstić information content (AvgIpc) is 3.54. The molecule has 3 amide bonds. The Morgan fingerprint density at radius 3 is 2.54 bits per heavy atom. The molecule has 4 rings (SSSR count). The predicted octanol–water partition coefficient (Wildman–Crippen LogP) is 4.79. The van der Waals surface area contributed by atoms with E-state index in [-0.39, 0.29) is 35.3 Å². The summed E-state index contributed by atoms with van der Waals surface area (Å²) in [6.07, 6.45) is 5.07. The van der Waals surface area contributed by atoms with Gasteiger partial charge in [0.15, 0.2) is 11.9 Å². The molecule has 1 aliphatic carbocycles. The molecule has 3 aromatic rings. The second-order valence-corrected chi connectivity index (χ2v) is 10.5. The highest BCUT2D eigenvalue weighted by atomic mass is 32.2. The minimum Gasteiger partial charge on any atom is -0.497 e. The summed E-state index contributed by atoms with van der Waals surface area (Å²) in [6, 6.07) is 11.1. The minimum atomic E-state index is -1.03. The lowest BCUT2D eigenvalue weighted by Gasteiger charge is -2.32. The zero-order chi connectivity index (χ0) is 27.8. The van der Waals surface area contributed by atoms with E-state index in [9.17, 15) is 14.4 Å². The average molecular weight is 555 g/mol. The Morgan fingerprint density at radius 1 is 1.08 bits per heavy atom. The van der Waals surface area contributed by atoms with Crippen LogP contribution in [0.3, 0.4) is 0 Å². The monoisotopic (exact) mass is 554 g/mol. The van der Waals surface area contributed by atoms with Gasteiger partial charge in [0.25, 0.3) is 5.91 Å². The molecule has 39 heavy (non-hydrogen) atoms. The second-order valence-electron chi connectivity index (χ2n) is 9.52. The van der Waals surface area contributed by atoms with Crippen LogP contribution in [0, 0.1) is 13.8 Å². The zero-order valence-electron chi connectivity index (χ0n) is 22.4. The number of anilines is 2. The summed E-state index contributed by atoms with van der Waals surface area (Å²) in [6.45, 7) is 3.52. The SMILES string of the molecule is COc1cccc(N(C(=O)CSCC(=O)Nc2cc(C)on2)[C@H](C(=O)NC2CCCCC2)c2ccc(C)o2)c1. The number of ether oxygens (including phenoxy) is 1. The van der Waals surface area contributed by atoms with Crippen molar-refractivity contribution in [3.05, 3.63) is 59.7 Å². The Kier molecular flexibility index (Phi) is 9.69. The van der Waals surface area contributed by atoms with Crippen molar-refractivity contribution >= 4 is 41.0 Å². The number of benzene rings is 1. The van der Waals surface area contributed by atoms with Gasteiger partial charge in [-0.2, -0.15) is 0 Å². The highest BCUT2D eigenvalue weighted by Gasteiger charge is 2.36. The van der Waals surface area contributed by atoms with Gasteiger partial charge < -0.3 is 24.3 Å². The summed E-state index contributed by atoms with van der Waals surface area (Å²) in [5.41, 5.74) is 0.486. The van der Waals surface area contributed by atoms with Crippen molar-refractivity contribution in [2.45, 2.75) is 58.0 Å². The first-order chi connectivity index (χ1) is 18.8. The standard InChI is InChI=1S/C28H34N4O6S/c1-18-12-13-23(37-18)27(28(35)29-20-8-5-4-6-9-20)32(21-10-7-11-22(15-21)36-3)26(34)17-39-16-25(33)30-24-14-19(2)38-31-24/h7,10-15,20,27H,4-6,8-9,16-17H2,1-3H3,(H,29,35)(H,30,31,33)/t27-/m0/s1. The fourth-order valence-corrected chi connectivity index (χ4v) is 5.28. The highest BCUT2D eigenvalue weighted by molar-refractivity contribution is 8.00. The van der Waals surface area contributed by atoms with E-state index in [4.69, 9.17) is 13.7 Å². The number of rotatable bonds is 11. The van der Waals surface area contributed by atoms with Gasteiger partial charge in [-0.25, -0.2) is 0 Å². The smallest absolute Gasteiger partial charge is 0.251 e. The number of hydrogen-bond acceptors (Lipinski definition) is 8. The molecule has 0 radical (unpaired) electrons. The third-order valence-electron chi connectivity index (χ3n) is 6.44. The first-order valence-electron chi connectivity index (χ1n) is 13.0. The van der Waals surface area contributed by atoms with Crippen LogP contribution in [-0.4, -0.2) is 47.5 Å². The largest absolute Gasteiger partial charge is 0.497 e. The van der Waals surface area contributed by atoms with E-state index in [2.05, 4.69) is 15.8 Å². The molecule has 0 saturated heterocycles. The zero-order valence-corrected chi connectivity index (χ0v) is 23.2. The van der Waals surface area contributed by atoms with Gasteiger partial charge in [-0.1, -0.05) is 30.5 Å². The Hall–Kier alpha value is -3.73. The van der Waals surface area contributed by atoms with Crippen LogP contribution in [0.1, 0.15) is 55.4 Å². The molecular weight excluding hydrogens is 520 g/mol. The number of carbonyl (C=O) groups excluding carboxylic acids is 3. The molecule has 1 saturated carbocycles. The van der Waals surface area contributed by atoms with E-state index in [0.717, 1.165) is 43.9 Å². The molecule has 1 fully saturated rings. The van der Waals surface area contributed by atoms with Crippen molar-refractivity contribution in [3.8, 4) is 5.75 Å². The van der Waals surface area contributed by atoms with E-state index in [1.165, 1.54) is 4.90 Å². The van der Waals surface area contributed by atoms with Crippen molar-refractivity contribution in [1.82, 2.24) is 10.5 Å². The predicted molar refractivity (Wildman–Crippen MR) is 149 cm³/mol. The Balaban J connectivity index is 1.56.